The average molecular weight is 314 g/mol. The number of nitrogens with one attached hydrogen (secondary N) is 2. The Morgan fingerprint density at radius 1 is 1.39 bits per heavy atom. The lowest BCUT2D eigenvalue weighted by atomic mass is 10.2. The fraction of sp³-hybridized carbons (Fsp3) is 0.462. The highest BCUT2D eigenvalue weighted by Gasteiger charge is 2.11. The number of hydrogen-bond donors (Lipinski definition) is 3. The molecule has 4 nitrogen and oxygen atoms in total. The van der Waals surface area contributed by atoms with E-state index < -0.39 is 0 Å². The molecule has 1 unspecified atom stereocenters. The van der Waals surface area contributed by atoms with Gasteiger partial charge >= 0.3 is 0 Å². The number of rotatable bonds is 7. The summed E-state index contributed by atoms with van der Waals surface area (Å²) in [5, 5.41) is 6.11. The zero-order chi connectivity index (χ0) is 13.4. The van der Waals surface area contributed by atoms with Gasteiger partial charge in [0.15, 0.2) is 0 Å². The largest absolute Gasteiger partial charge is 0.381 e. The van der Waals surface area contributed by atoms with Gasteiger partial charge in [0, 0.05) is 35.7 Å². The lowest BCUT2D eigenvalue weighted by molar-refractivity contribution is -0.121. The van der Waals surface area contributed by atoms with E-state index in [1.165, 1.54) is 0 Å². The lowest BCUT2D eigenvalue weighted by Crippen LogP contribution is -2.36. The molecule has 0 saturated heterocycles. The number of carbonyl (C=O) groups is 1. The zero-order valence-corrected chi connectivity index (χ0v) is 12.2. The second-order valence-electron chi connectivity index (χ2n) is 4.14. The minimum absolute atomic E-state index is 0.0388. The van der Waals surface area contributed by atoms with Gasteiger partial charge < -0.3 is 16.4 Å². The van der Waals surface area contributed by atoms with Crippen LogP contribution in [0.3, 0.4) is 0 Å². The zero-order valence-electron chi connectivity index (χ0n) is 10.6. The van der Waals surface area contributed by atoms with E-state index >= 15 is 0 Å². The first-order chi connectivity index (χ1) is 8.65. The maximum absolute atomic E-state index is 11.6. The van der Waals surface area contributed by atoms with E-state index in [0.717, 1.165) is 16.6 Å². The molecule has 1 amide bonds. The van der Waals surface area contributed by atoms with Crippen molar-refractivity contribution >= 4 is 27.5 Å². The van der Waals surface area contributed by atoms with Crippen LogP contribution in [0.4, 0.5) is 5.69 Å². The van der Waals surface area contributed by atoms with Gasteiger partial charge in [-0.1, -0.05) is 22.9 Å². The minimum Gasteiger partial charge on any atom is -0.381 e. The van der Waals surface area contributed by atoms with Crippen molar-refractivity contribution in [3.8, 4) is 0 Å². The Balaban J connectivity index is 2.46. The normalized spacial score (nSPS) is 11.9. The number of anilines is 1. The molecule has 0 aliphatic carbocycles. The molecule has 0 saturated carbocycles. The van der Waals surface area contributed by atoms with Gasteiger partial charge in [-0.2, -0.15) is 0 Å². The average Bonchev–Trinajstić information content (AvgIpc) is 2.38. The standard InChI is InChI=1S/C13H20BrN3O/c1-2-7-16-13(18)8-12(9-15)17-11-5-3-10(14)4-6-11/h3-6,12,17H,2,7-9,15H2,1H3,(H,16,18). The summed E-state index contributed by atoms with van der Waals surface area (Å²) < 4.78 is 1.03. The predicted octanol–water partition coefficient (Wildman–Crippen LogP) is 2.10. The minimum atomic E-state index is -0.0389. The highest BCUT2D eigenvalue weighted by atomic mass is 79.9. The molecular formula is C13H20BrN3O. The summed E-state index contributed by atoms with van der Waals surface area (Å²) in [6.07, 6.45) is 1.34. The third-order valence-electron chi connectivity index (χ3n) is 2.50. The molecular weight excluding hydrogens is 294 g/mol. The van der Waals surface area contributed by atoms with Crippen LogP contribution in [0.25, 0.3) is 0 Å². The maximum atomic E-state index is 11.6. The van der Waals surface area contributed by atoms with E-state index in [9.17, 15) is 4.79 Å². The van der Waals surface area contributed by atoms with Crippen LogP contribution in [0.15, 0.2) is 28.7 Å². The summed E-state index contributed by atoms with van der Waals surface area (Å²) in [6.45, 7) is 3.17. The Hall–Kier alpha value is -1.07. The number of amides is 1. The molecule has 0 aromatic heterocycles. The van der Waals surface area contributed by atoms with Gasteiger partial charge in [-0.25, -0.2) is 0 Å². The summed E-state index contributed by atoms with van der Waals surface area (Å²) in [4.78, 5) is 11.6. The first-order valence-electron chi connectivity index (χ1n) is 6.14. The van der Waals surface area contributed by atoms with Crippen molar-refractivity contribution in [2.45, 2.75) is 25.8 Å². The van der Waals surface area contributed by atoms with Crippen molar-refractivity contribution < 1.29 is 4.79 Å². The number of halogens is 1. The van der Waals surface area contributed by atoms with Crippen molar-refractivity contribution in [3.63, 3.8) is 0 Å². The van der Waals surface area contributed by atoms with E-state index in [4.69, 9.17) is 5.73 Å². The van der Waals surface area contributed by atoms with Crippen molar-refractivity contribution in [1.82, 2.24) is 5.32 Å². The Morgan fingerprint density at radius 2 is 2.06 bits per heavy atom. The fourth-order valence-electron chi connectivity index (χ4n) is 1.54. The Bertz CT molecular complexity index is 367. The summed E-state index contributed by atoms with van der Waals surface area (Å²) in [6, 6.07) is 7.77. The number of hydrogen-bond acceptors (Lipinski definition) is 3. The van der Waals surface area contributed by atoms with Crippen molar-refractivity contribution in [1.29, 1.82) is 0 Å². The molecule has 4 N–H and O–H groups in total. The molecule has 0 radical (unpaired) electrons. The Labute approximate surface area is 116 Å². The molecule has 0 heterocycles. The van der Waals surface area contributed by atoms with Crippen LogP contribution in [-0.2, 0) is 4.79 Å². The summed E-state index contributed by atoms with van der Waals surface area (Å²) in [5.41, 5.74) is 6.65. The topological polar surface area (TPSA) is 67.2 Å². The molecule has 1 atom stereocenters. The van der Waals surface area contributed by atoms with E-state index in [1.807, 2.05) is 31.2 Å². The molecule has 18 heavy (non-hydrogen) atoms. The highest BCUT2D eigenvalue weighted by molar-refractivity contribution is 9.10. The second-order valence-corrected chi connectivity index (χ2v) is 5.05. The van der Waals surface area contributed by atoms with Crippen molar-refractivity contribution in [2.24, 2.45) is 5.73 Å². The molecule has 100 valence electrons. The number of nitrogens with two attached hydrogens (primary N) is 1. The first kappa shape index (κ1) is 15.0. The van der Waals surface area contributed by atoms with Crippen LogP contribution in [0.1, 0.15) is 19.8 Å². The summed E-state index contributed by atoms with van der Waals surface area (Å²) >= 11 is 3.38. The van der Waals surface area contributed by atoms with Gasteiger partial charge in [-0.05, 0) is 30.7 Å². The molecule has 1 aromatic rings. The summed E-state index contributed by atoms with van der Waals surface area (Å²) in [5.74, 6) is 0.0388. The first-order valence-corrected chi connectivity index (χ1v) is 6.94. The van der Waals surface area contributed by atoms with Gasteiger partial charge in [0.25, 0.3) is 0 Å². The molecule has 1 rings (SSSR count). The summed E-state index contributed by atoms with van der Waals surface area (Å²) in [7, 11) is 0. The van der Waals surface area contributed by atoms with Gasteiger partial charge in [0.1, 0.15) is 0 Å². The fourth-order valence-corrected chi connectivity index (χ4v) is 1.80. The Kier molecular flexibility index (Phi) is 6.75. The number of benzene rings is 1. The van der Waals surface area contributed by atoms with Crippen LogP contribution >= 0.6 is 15.9 Å². The molecule has 0 aliphatic heterocycles. The monoisotopic (exact) mass is 313 g/mol. The van der Waals surface area contributed by atoms with Gasteiger partial charge in [0.05, 0.1) is 0 Å². The van der Waals surface area contributed by atoms with Crippen LogP contribution in [-0.4, -0.2) is 25.0 Å². The van der Waals surface area contributed by atoms with Crippen LogP contribution < -0.4 is 16.4 Å². The highest BCUT2D eigenvalue weighted by Crippen LogP contribution is 2.15. The van der Waals surface area contributed by atoms with Gasteiger partial charge in [0.2, 0.25) is 5.91 Å². The van der Waals surface area contributed by atoms with E-state index in [0.29, 0.717) is 19.5 Å². The second kappa shape index (κ2) is 8.11. The third-order valence-corrected chi connectivity index (χ3v) is 3.03. The van der Waals surface area contributed by atoms with Gasteiger partial charge in [-0.3, -0.25) is 4.79 Å². The smallest absolute Gasteiger partial charge is 0.222 e. The van der Waals surface area contributed by atoms with E-state index in [1.54, 1.807) is 0 Å². The van der Waals surface area contributed by atoms with E-state index in [-0.39, 0.29) is 11.9 Å². The third kappa shape index (κ3) is 5.51. The van der Waals surface area contributed by atoms with E-state index in [2.05, 4.69) is 26.6 Å². The van der Waals surface area contributed by atoms with Crippen molar-refractivity contribution in [2.75, 3.05) is 18.4 Å². The molecule has 0 aliphatic rings. The van der Waals surface area contributed by atoms with Crippen LogP contribution in [0, 0.1) is 0 Å². The molecule has 0 spiro atoms. The SMILES string of the molecule is CCCNC(=O)CC(CN)Nc1ccc(Br)cc1. The number of carbonyl (C=O) groups excluding carboxylic acids is 1. The quantitative estimate of drug-likeness (QED) is 0.722. The Morgan fingerprint density at radius 3 is 2.61 bits per heavy atom. The van der Waals surface area contributed by atoms with Gasteiger partial charge in [-0.15, -0.1) is 0 Å². The molecule has 0 fully saturated rings. The molecule has 5 heteroatoms. The predicted molar refractivity (Wildman–Crippen MR) is 78.5 cm³/mol. The van der Waals surface area contributed by atoms with Crippen molar-refractivity contribution in [3.05, 3.63) is 28.7 Å². The maximum Gasteiger partial charge on any atom is 0.222 e. The molecule has 1 aromatic carbocycles. The molecule has 0 bridgehead atoms. The van der Waals surface area contributed by atoms with Crippen LogP contribution in [0.2, 0.25) is 0 Å². The van der Waals surface area contributed by atoms with Crippen LogP contribution in [0.5, 0.6) is 0 Å². The lowest BCUT2D eigenvalue weighted by Gasteiger charge is -2.17.